The van der Waals surface area contributed by atoms with Crippen LogP contribution in [0.25, 0.3) is 0 Å². The molecule has 178 valence electrons. The average molecular weight is 457 g/mol. The van der Waals surface area contributed by atoms with Crippen LogP contribution in [0.4, 0.5) is 22.0 Å². The van der Waals surface area contributed by atoms with Crippen LogP contribution in [-0.4, -0.2) is 110 Å². The van der Waals surface area contributed by atoms with Crippen molar-refractivity contribution in [2.45, 2.75) is 6.54 Å². The summed E-state index contributed by atoms with van der Waals surface area (Å²) < 4.78 is 21.2. The molecule has 0 unspecified atom stereocenters. The van der Waals surface area contributed by atoms with Gasteiger partial charge < -0.3 is 24.3 Å². The van der Waals surface area contributed by atoms with Crippen molar-refractivity contribution >= 4 is 17.6 Å². The van der Waals surface area contributed by atoms with Gasteiger partial charge in [0.15, 0.2) is 11.6 Å². The van der Waals surface area contributed by atoms with E-state index in [0.717, 1.165) is 58.9 Å². The molecule has 2 aromatic rings. The van der Waals surface area contributed by atoms with E-state index in [1.807, 2.05) is 17.3 Å². The molecule has 0 spiro atoms. The van der Waals surface area contributed by atoms with Crippen LogP contribution in [0.2, 0.25) is 0 Å². The minimum absolute atomic E-state index is 0.304. The molecule has 3 aliphatic rings. The monoisotopic (exact) mass is 456 g/mol. The van der Waals surface area contributed by atoms with E-state index in [9.17, 15) is 0 Å². The van der Waals surface area contributed by atoms with Crippen LogP contribution in [0.1, 0.15) is 5.56 Å². The fourth-order valence-electron chi connectivity index (χ4n) is 4.62. The molecule has 2 aromatic heterocycles. The molecular formula is C23H33FN8O. The maximum absolute atomic E-state index is 15.7. The topological polar surface area (TPSA) is 64.1 Å². The van der Waals surface area contributed by atoms with Crippen LogP contribution < -0.4 is 14.7 Å². The third-order valence-corrected chi connectivity index (χ3v) is 6.73. The summed E-state index contributed by atoms with van der Waals surface area (Å²) in [5, 5.41) is 0. The van der Waals surface area contributed by atoms with Crippen molar-refractivity contribution in [1.29, 1.82) is 0 Å². The lowest BCUT2D eigenvalue weighted by Gasteiger charge is -2.37. The number of pyridine rings is 1. The van der Waals surface area contributed by atoms with Crippen molar-refractivity contribution in [3.8, 4) is 0 Å². The maximum Gasteiger partial charge on any atom is 0.229 e. The highest BCUT2D eigenvalue weighted by Gasteiger charge is 2.28. The third kappa shape index (κ3) is 5.18. The summed E-state index contributed by atoms with van der Waals surface area (Å²) in [5.41, 5.74) is 1.27. The van der Waals surface area contributed by atoms with Gasteiger partial charge in [0.25, 0.3) is 0 Å². The fraction of sp³-hybridized carbons (Fsp3) is 0.609. The highest BCUT2D eigenvalue weighted by molar-refractivity contribution is 5.58. The number of hydrogen-bond acceptors (Lipinski definition) is 9. The zero-order valence-corrected chi connectivity index (χ0v) is 19.4. The smallest absolute Gasteiger partial charge is 0.229 e. The third-order valence-electron chi connectivity index (χ3n) is 6.73. The van der Waals surface area contributed by atoms with Crippen molar-refractivity contribution < 1.29 is 9.13 Å². The van der Waals surface area contributed by atoms with Crippen LogP contribution in [0.5, 0.6) is 0 Å². The zero-order chi connectivity index (χ0) is 22.6. The number of rotatable bonds is 5. The standard InChI is InChI=1S/C23H33FN8O/c1-28-6-10-30(11-7-28)21-20(24)22(31-14-16-33-17-15-31)27-23(26-21)32-12-8-29(9-13-32)18-19-2-4-25-5-3-19/h2-5H,6-18H2,1H3. The number of piperazine rings is 2. The molecule has 0 radical (unpaired) electrons. The van der Waals surface area contributed by atoms with Gasteiger partial charge >= 0.3 is 0 Å². The summed E-state index contributed by atoms with van der Waals surface area (Å²) in [5.74, 6) is 1.18. The molecule has 3 aliphatic heterocycles. The minimum atomic E-state index is -0.304. The van der Waals surface area contributed by atoms with E-state index in [-0.39, 0.29) is 5.82 Å². The van der Waals surface area contributed by atoms with Crippen LogP contribution in [-0.2, 0) is 11.3 Å². The first-order valence-electron chi connectivity index (χ1n) is 11.9. The van der Waals surface area contributed by atoms with Crippen LogP contribution in [0, 0.1) is 5.82 Å². The first-order chi connectivity index (χ1) is 16.2. The van der Waals surface area contributed by atoms with Gasteiger partial charge in [-0.25, -0.2) is 0 Å². The van der Waals surface area contributed by atoms with E-state index in [0.29, 0.717) is 43.9 Å². The molecule has 0 N–H and O–H groups in total. The molecule has 0 saturated carbocycles. The summed E-state index contributed by atoms with van der Waals surface area (Å²) in [6.07, 6.45) is 3.68. The lowest BCUT2D eigenvalue weighted by atomic mass is 10.2. The van der Waals surface area contributed by atoms with Gasteiger partial charge in [-0.1, -0.05) is 0 Å². The number of hydrogen-bond donors (Lipinski definition) is 0. The molecule has 0 bridgehead atoms. The Hall–Kier alpha value is -2.56. The number of aromatic nitrogens is 3. The van der Waals surface area contributed by atoms with Crippen molar-refractivity contribution in [3.63, 3.8) is 0 Å². The number of anilines is 3. The predicted octanol–water partition coefficient (Wildman–Crippen LogP) is 0.921. The van der Waals surface area contributed by atoms with Gasteiger partial charge in [-0.15, -0.1) is 0 Å². The SMILES string of the molecule is CN1CCN(c2nc(N3CCN(Cc4ccncc4)CC3)nc(N3CCOCC3)c2F)CC1. The second-order valence-electron chi connectivity index (χ2n) is 8.99. The van der Waals surface area contributed by atoms with Gasteiger partial charge in [0.2, 0.25) is 11.8 Å². The van der Waals surface area contributed by atoms with Gasteiger partial charge in [0.05, 0.1) is 13.2 Å². The largest absolute Gasteiger partial charge is 0.378 e. The Morgan fingerprint density at radius 3 is 2.00 bits per heavy atom. The number of nitrogens with zero attached hydrogens (tertiary/aromatic N) is 8. The van der Waals surface area contributed by atoms with Gasteiger partial charge in [-0.2, -0.15) is 14.4 Å². The lowest BCUT2D eigenvalue weighted by molar-refractivity contribution is 0.122. The van der Waals surface area contributed by atoms with E-state index in [1.165, 1.54) is 5.56 Å². The van der Waals surface area contributed by atoms with Crippen LogP contribution in [0.3, 0.4) is 0 Å². The Morgan fingerprint density at radius 2 is 1.36 bits per heavy atom. The summed E-state index contributed by atoms with van der Waals surface area (Å²) in [6, 6.07) is 4.12. The number of halogens is 1. The number of morpholine rings is 1. The van der Waals surface area contributed by atoms with Crippen molar-refractivity contribution in [1.82, 2.24) is 24.8 Å². The number of likely N-dealkylation sites (N-methyl/N-ethyl adjacent to an activating group) is 1. The molecule has 5 heterocycles. The molecule has 0 aliphatic carbocycles. The quantitative estimate of drug-likeness (QED) is 0.654. The second kappa shape index (κ2) is 10.1. The Morgan fingerprint density at radius 1 is 0.788 bits per heavy atom. The van der Waals surface area contributed by atoms with E-state index < -0.39 is 0 Å². The highest BCUT2D eigenvalue weighted by atomic mass is 19.1. The molecule has 0 aromatic carbocycles. The van der Waals surface area contributed by atoms with Gasteiger partial charge in [-0.05, 0) is 24.7 Å². The van der Waals surface area contributed by atoms with Gasteiger partial charge in [0.1, 0.15) is 0 Å². The molecule has 10 heteroatoms. The molecule has 9 nitrogen and oxygen atoms in total. The second-order valence-corrected chi connectivity index (χ2v) is 8.99. The molecule has 3 fully saturated rings. The Kier molecular flexibility index (Phi) is 6.84. The van der Waals surface area contributed by atoms with Gasteiger partial charge in [0, 0.05) is 84.4 Å². The average Bonchev–Trinajstić information content (AvgIpc) is 2.86. The maximum atomic E-state index is 15.7. The molecular weight excluding hydrogens is 423 g/mol. The molecule has 33 heavy (non-hydrogen) atoms. The summed E-state index contributed by atoms with van der Waals surface area (Å²) in [4.78, 5) is 24.6. The van der Waals surface area contributed by atoms with Crippen molar-refractivity contribution in [3.05, 3.63) is 35.9 Å². The summed E-state index contributed by atoms with van der Waals surface area (Å²) in [6.45, 7) is 10.2. The number of ether oxygens (including phenoxy) is 1. The Balaban J connectivity index is 1.35. The highest BCUT2D eigenvalue weighted by Crippen LogP contribution is 2.30. The van der Waals surface area contributed by atoms with E-state index in [4.69, 9.17) is 14.7 Å². The van der Waals surface area contributed by atoms with Crippen LogP contribution >= 0.6 is 0 Å². The van der Waals surface area contributed by atoms with Crippen LogP contribution in [0.15, 0.2) is 24.5 Å². The van der Waals surface area contributed by atoms with E-state index >= 15 is 4.39 Å². The zero-order valence-electron chi connectivity index (χ0n) is 19.4. The minimum Gasteiger partial charge on any atom is -0.378 e. The molecule has 0 amide bonds. The predicted molar refractivity (Wildman–Crippen MR) is 126 cm³/mol. The molecule has 0 atom stereocenters. The first-order valence-corrected chi connectivity index (χ1v) is 11.9. The summed E-state index contributed by atoms with van der Waals surface area (Å²) in [7, 11) is 2.10. The first kappa shape index (κ1) is 22.2. The normalized spacial score (nSPS) is 21.0. The van der Waals surface area contributed by atoms with Crippen molar-refractivity contribution in [2.75, 3.05) is 100 Å². The molecule has 3 saturated heterocycles. The fourth-order valence-corrected chi connectivity index (χ4v) is 4.62. The van der Waals surface area contributed by atoms with Gasteiger partial charge in [-0.3, -0.25) is 9.88 Å². The molecule has 5 rings (SSSR count). The van der Waals surface area contributed by atoms with E-state index in [1.54, 1.807) is 0 Å². The van der Waals surface area contributed by atoms with E-state index in [2.05, 4.69) is 43.8 Å². The lowest BCUT2D eigenvalue weighted by Crippen LogP contribution is -2.48. The Bertz CT molecular complexity index is 910. The summed E-state index contributed by atoms with van der Waals surface area (Å²) >= 11 is 0. The van der Waals surface area contributed by atoms with Crippen molar-refractivity contribution in [2.24, 2.45) is 0 Å². The Labute approximate surface area is 194 Å².